The van der Waals surface area contributed by atoms with Gasteiger partial charge in [0.2, 0.25) is 0 Å². The summed E-state index contributed by atoms with van der Waals surface area (Å²) in [7, 11) is 0. The number of nitrogens with one attached hydrogen (secondary N) is 1. The van der Waals surface area contributed by atoms with Crippen molar-refractivity contribution in [3.63, 3.8) is 0 Å². The first-order chi connectivity index (χ1) is 14.6. The Balaban J connectivity index is 5.46. The molecule has 0 aliphatic rings. The summed E-state index contributed by atoms with van der Waals surface area (Å²) in [5.41, 5.74) is -1.41. The zero-order valence-corrected chi connectivity index (χ0v) is 20.9. The third kappa shape index (κ3) is 13.1. The number of rotatable bonds is 12. The molecule has 0 aromatic heterocycles. The minimum Gasteiger partial charge on any atom is -0.461 e. The van der Waals surface area contributed by atoms with Gasteiger partial charge in [-0.3, -0.25) is 14.4 Å². The van der Waals surface area contributed by atoms with E-state index in [9.17, 15) is 19.2 Å². The minimum atomic E-state index is -1.00. The number of ketones is 1. The first-order valence-corrected chi connectivity index (χ1v) is 11.1. The molecule has 0 aliphatic carbocycles. The maximum Gasteiger partial charge on any atom is 0.408 e. The molecule has 0 saturated heterocycles. The molecule has 0 radical (unpaired) electrons. The average molecular weight is 456 g/mol. The van der Waals surface area contributed by atoms with Crippen LogP contribution in [0.2, 0.25) is 0 Å². The van der Waals surface area contributed by atoms with Gasteiger partial charge in [0.25, 0.3) is 0 Å². The molecule has 1 N–H and O–H groups in total. The van der Waals surface area contributed by atoms with E-state index >= 15 is 0 Å². The summed E-state index contributed by atoms with van der Waals surface area (Å²) in [5.74, 6) is -2.12. The van der Waals surface area contributed by atoms with Gasteiger partial charge < -0.3 is 19.5 Å². The smallest absolute Gasteiger partial charge is 0.408 e. The van der Waals surface area contributed by atoms with Crippen LogP contribution >= 0.6 is 0 Å². The lowest BCUT2D eigenvalue weighted by atomic mass is 9.85. The van der Waals surface area contributed by atoms with Crippen molar-refractivity contribution in [2.45, 2.75) is 98.3 Å². The molecule has 8 nitrogen and oxygen atoms in total. The first-order valence-electron chi connectivity index (χ1n) is 11.1. The topological polar surface area (TPSA) is 108 Å². The highest BCUT2D eigenvalue weighted by atomic mass is 16.6. The largest absolute Gasteiger partial charge is 0.461 e. The third-order valence-electron chi connectivity index (χ3n) is 4.53. The van der Waals surface area contributed by atoms with Crippen molar-refractivity contribution in [2.75, 3.05) is 6.61 Å². The van der Waals surface area contributed by atoms with E-state index in [0.29, 0.717) is 6.42 Å². The average Bonchev–Trinajstić information content (AvgIpc) is 2.63. The van der Waals surface area contributed by atoms with E-state index < -0.39 is 41.2 Å². The molecule has 0 bridgehead atoms. The lowest BCUT2D eigenvalue weighted by Gasteiger charge is -2.26. The summed E-state index contributed by atoms with van der Waals surface area (Å²) in [6, 6.07) is -1.00. The van der Waals surface area contributed by atoms with Crippen LogP contribution in [-0.2, 0) is 28.6 Å². The molecular formula is C24H41NO7. The van der Waals surface area contributed by atoms with E-state index in [4.69, 9.17) is 14.2 Å². The van der Waals surface area contributed by atoms with E-state index in [1.165, 1.54) is 6.08 Å². The molecule has 0 saturated carbocycles. The third-order valence-corrected chi connectivity index (χ3v) is 4.53. The predicted octanol–water partition coefficient (Wildman–Crippen LogP) is 4.35. The van der Waals surface area contributed by atoms with Crippen molar-refractivity contribution in [2.24, 2.45) is 11.8 Å². The number of hydrogen-bond acceptors (Lipinski definition) is 7. The maximum absolute atomic E-state index is 13.1. The zero-order valence-electron chi connectivity index (χ0n) is 20.9. The molecule has 0 aliphatic heterocycles. The van der Waals surface area contributed by atoms with Crippen LogP contribution in [0.1, 0.15) is 81.1 Å². The number of carbonyl (C=O) groups is 4. The first kappa shape index (κ1) is 29.6. The molecule has 8 heteroatoms. The normalized spacial score (nSPS) is 14.5. The molecule has 0 rings (SSSR count). The van der Waals surface area contributed by atoms with Gasteiger partial charge in [-0.15, -0.1) is 0 Å². The summed E-state index contributed by atoms with van der Waals surface area (Å²) in [5, 5.41) is 2.55. The Hall–Kier alpha value is -2.38. The van der Waals surface area contributed by atoms with E-state index in [1.54, 1.807) is 41.5 Å². The van der Waals surface area contributed by atoms with Crippen LogP contribution in [0.15, 0.2) is 12.7 Å². The van der Waals surface area contributed by atoms with Crippen LogP contribution in [0.4, 0.5) is 4.79 Å². The van der Waals surface area contributed by atoms with Gasteiger partial charge in [0.05, 0.1) is 12.0 Å². The Kier molecular flexibility index (Phi) is 12.2. The maximum atomic E-state index is 13.1. The van der Waals surface area contributed by atoms with Crippen LogP contribution in [0, 0.1) is 11.8 Å². The standard InChI is InChI=1S/C24H41NO7/c1-10-14-30-21(28)17(16(3)11-2)15-19(26)18(25-22(29)32-24(7,8)9)12-13-20(27)31-23(4,5)6/h10,16-18H,1,11-15H2,2-9H3,(H,25,29)/t16?,17-,18+/m1/s1. The highest BCUT2D eigenvalue weighted by Gasteiger charge is 2.33. The second-order valence-electron chi connectivity index (χ2n) is 9.91. The molecule has 0 aromatic rings. The Morgan fingerprint density at radius 3 is 2.03 bits per heavy atom. The van der Waals surface area contributed by atoms with Gasteiger partial charge in [-0.25, -0.2) is 4.79 Å². The molecule has 0 fully saturated rings. The van der Waals surface area contributed by atoms with E-state index in [0.717, 1.165) is 0 Å². The van der Waals surface area contributed by atoms with Gasteiger partial charge in [0.15, 0.2) is 5.78 Å². The van der Waals surface area contributed by atoms with Crippen molar-refractivity contribution in [1.82, 2.24) is 5.32 Å². The molecule has 3 atom stereocenters. The lowest BCUT2D eigenvalue weighted by molar-refractivity contribution is -0.155. The SMILES string of the molecule is C=CCOC(=O)[C@H](CC(=O)[C@H](CCC(=O)OC(C)(C)C)NC(=O)OC(C)(C)C)C(C)CC. The van der Waals surface area contributed by atoms with E-state index in [2.05, 4.69) is 11.9 Å². The van der Waals surface area contributed by atoms with Crippen molar-refractivity contribution in [3.05, 3.63) is 12.7 Å². The quantitative estimate of drug-likeness (QED) is 0.265. The monoisotopic (exact) mass is 455 g/mol. The molecule has 1 amide bonds. The second kappa shape index (κ2) is 13.2. The van der Waals surface area contributed by atoms with Crippen molar-refractivity contribution >= 4 is 23.8 Å². The van der Waals surface area contributed by atoms with Crippen LogP contribution in [0.3, 0.4) is 0 Å². The van der Waals surface area contributed by atoms with Crippen molar-refractivity contribution in [1.29, 1.82) is 0 Å². The summed E-state index contributed by atoms with van der Waals surface area (Å²) in [6.45, 7) is 17.7. The Morgan fingerprint density at radius 2 is 1.56 bits per heavy atom. The summed E-state index contributed by atoms with van der Waals surface area (Å²) < 4.78 is 15.7. The Labute approximate surface area is 192 Å². The van der Waals surface area contributed by atoms with E-state index in [-0.39, 0.29) is 37.6 Å². The summed E-state index contributed by atoms with van der Waals surface area (Å²) in [4.78, 5) is 50.0. The molecule has 32 heavy (non-hydrogen) atoms. The van der Waals surface area contributed by atoms with Gasteiger partial charge in [-0.1, -0.05) is 32.9 Å². The number of ether oxygens (including phenoxy) is 3. The number of esters is 2. The van der Waals surface area contributed by atoms with Gasteiger partial charge in [-0.2, -0.15) is 0 Å². The second-order valence-corrected chi connectivity index (χ2v) is 9.91. The number of Topliss-reactive ketones (excluding diaryl/α,β-unsaturated/α-hetero) is 1. The van der Waals surface area contributed by atoms with Gasteiger partial charge in [-0.05, 0) is 53.9 Å². The van der Waals surface area contributed by atoms with Gasteiger partial charge in [0.1, 0.15) is 17.8 Å². The van der Waals surface area contributed by atoms with Crippen LogP contribution in [0.25, 0.3) is 0 Å². The van der Waals surface area contributed by atoms with Crippen molar-refractivity contribution in [3.8, 4) is 0 Å². The van der Waals surface area contributed by atoms with Crippen LogP contribution in [0.5, 0.6) is 0 Å². The van der Waals surface area contributed by atoms with Gasteiger partial charge >= 0.3 is 18.0 Å². The molecular weight excluding hydrogens is 414 g/mol. The van der Waals surface area contributed by atoms with Crippen LogP contribution in [-0.4, -0.2) is 47.7 Å². The number of alkyl carbamates (subject to hydrolysis) is 1. The van der Waals surface area contributed by atoms with Crippen molar-refractivity contribution < 1.29 is 33.4 Å². The number of amides is 1. The fourth-order valence-electron chi connectivity index (χ4n) is 2.83. The highest BCUT2D eigenvalue weighted by Crippen LogP contribution is 2.23. The Bertz CT molecular complexity index is 658. The Morgan fingerprint density at radius 1 is 1.00 bits per heavy atom. The van der Waals surface area contributed by atoms with Gasteiger partial charge in [0, 0.05) is 12.8 Å². The molecule has 0 aromatic carbocycles. The summed E-state index contributed by atoms with van der Waals surface area (Å²) in [6.07, 6.45) is 1.19. The minimum absolute atomic E-state index is 0.0297. The fourth-order valence-corrected chi connectivity index (χ4v) is 2.83. The van der Waals surface area contributed by atoms with E-state index in [1.807, 2.05) is 13.8 Å². The highest BCUT2D eigenvalue weighted by molar-refractivity contribution is 5.91. The molecule has 0 spiro atoms. The zero-order chi connectivity index (χ0) is 25.1. The fraction of sp³-hybridized carbons (Fsp3) is 0.750. The number of carbonyl (C=O) groups excluding carboxylic acids is 4. The van der Waals surface area contributed by atoms with Crippen LogP contribution < -0.4 is 5.32 Å². The molecule has 1 unspecified atom stereocenters. The summed E-state index contributed by atoms with van der Waals surface area (Å²) >= 11 is 0. The molecule has 0 heterocycles. The predicted molar refractivity (Wildman–Crippen MR) is 122 cm³/mol. The molecule has 184 valence electrons. The lowest BCUT2D eigenvalue weighted by Crippen LogP contribution is -2.45. The number of hydrogen-bond donors (Lipinski definition) is 1.